The van der Waals surface area contributed by atoms with Gasteiger partial charge in [0.05, 0.1) is 40.1 Å². The van der Waals surface area contributed by atoms with Gasteiger partial charge in [-0.05, 0) is 68.0 Å². The van der Waals surface area contributed by atoms with Gasteiger partial charge in [-0.1, -0.05) is 31.9 Å². The van der Waals surface area contributed by atoms with Crippen LogP contribution in [0, 0.1) is 11.6 Å². The highest BCUT2D eigenvalue weighted by atomic mass is 32.2. The monoisotopic (exact) mass is 626 g/mol. The van der Waals surface area contributed by atoms with Crippen LogP contribution in [0.4, 0.5) is 14.5 Å². The van der Waals surface area contributed by atoms with Gasteiger partial charge in [-0.15, -0.1) is 0 Å². The Balaban J connectivity index is 1.82. The number of nitrogens with two attached hydrogens (primary N) is 1. The van der Waals surface area contributed by atoms with Crippen molar-refractivity contribution < 1.29 is 21.6 Å². The molecule has 0 fully saturated rings. The molecule has 2 N–H and O–H groups in total. The largest absolute Gasteiger partial charge is 0.455 e. The molecule has 2 heterocycles. The van der Waals surface area contributed by atoms with Crippen molar-refractivity contribution in [3.63, 3.8) is 0 Å². The molecule has 230 valence electrons. The van der Waals surface area contributed by atoms with Crippen molar-refractivity contribution >= 4 is 60.9 Å². The minimum absolute atomic E-state index is 0.203. The van der Waals surface area contributed by atoms with Crippen molar-refractivity contribution in [2.24, 2.45) is 10.7 Å². The smallest absolute Gasteiger partial charge is 0.232 e. The zero-order valence-corrected chi connectivity index (χ0v) is 26.2. The number of hydrogen-bond acceptors (Lipinski definition) is 5. The molecule has 45 heavy (non-hydrogen) atoms. The van der Waals surface area contributed by atoms with Crippen molar-refractivity contribution in [3.05, 3.63) is 121 Å². The topological polar surface area (TPSA) is 93.8 Å². The maximum absolute atomic E-state index is 14.8. The molecule has 0 aliphatic carbocycles. The second-order valence-corrected chi connectivity index (χ2v) is 12.6. The van der Waals surface area contributed by atoms with Gasteiger partial charge in [-0.25, -0.2) is 22.2 Å². The summed E-state index contributed by atoms with van der Waals surface area (Å²) in [6.07, 6.45) is 4.40. The normalized spacial score (nSPS) is 12.6. The molecule has 5 aromatic rings. The summed E-state index contributed by atoms with van der Waals surface area (Å²) < 4.78 is 63.3. The van der Waals surface area contributed by atoms with E-state index in [1.165, 1.54) is 25.2 Å². The van der Waals surface area contributed by atoms with Gasteiger partial charge in [0.25, 0.3) is 0 Å². The second kappa shape index (κ2) is 11.7. The van der Waals surface area contributed by atoms with Gasteiger partial charge >= 0.3 is 0 Å². The highest BCUT2D eigenvalue weighted by Crippen LogP contribution is 2.42. The summed E-state index contributed by atoms with van der Waals surface area (Å²) in [5.74, 6) is -0.451. The number of nitrogens with zero attached hydrogens (tertiary/aromatic N) is 3. The highest BCUT2D eigenvalue weighted by Gasteiger charge is 2.25. The molecule has 0 aliphatic heterocycles. The van der Waals surface area contributed by atoms with E-state index in [1.54, 1.807) is 73.2 Å². The molecule has 0 saturated heterocycles. The number of hydrogen-bond donors (Lipinski definition) is 1. The lowest BCUT2D eigenvalue weighted by molar-refractivity contribution is 0.600. The SMILES string of the molecule is C=Cn1c(/C(=N/C(=C\C)c2cc3c(C(=C)N)c(-c4ccc(F)cc4)oc3cc2N(C)S(C)(=O)=O)C(=C)C)cc2c(F)cccc21. The molecule has 5 rings (SSSR count). The van der Waals surface area contributed by atoms with Crippen LogP contribution in [-0.2, 0) is 10.0 Å². The number of sulfonamides is 1. The summed E-state index contributed by atoms with van der Waals surface area (Å²) in [5, 5.41) is 0.941. The lowest BCUT2D eigenvalue weighted by atomic mass is 10.00. The van der Waals surface area contributed by atoms with Crippen LogP contribution in [-0.4, -0.2) is 32.0 Å². The number of halogens is 2. The molecule has 0 bridgehead atoms. The molecule has 2 aromatic heterocycles. The zero-order chi connectivity index (χ0) is 32.8. The fraction of sp³-hybridized carbons (Fsp3) is 0.114. The average molecular weight is 627 g/mol. The van der Waals surface area contributed by atoms with E-state index < -0.39 is 21.7 Å². The van der Waals surface area contributed by atoms with E-state index in [0.29, 0.717) is 67.0 Å². The van der Waals surface area contributed by atoms with E-state index in [0.717, 1.165) is 10.6 Å². The van der Waals surface area contributed by atoms with Crippen molar-refractivity contribution in [1.82, 2.24) is 4.57 Å². The number of rotatable bonds is 9. The minimum Gasteiger partial charge on any atom is -0.455 e. The third-order valence-corrected chi connectivity index (χ3v) is 8.70. The van der Waals surface area contributed by atoms with E-state index in [1.807, 2.05) is 0 Å². The summed E-state index contributed by atoms with van der Waals surface area (Å²) in [6.45, 7) is 15.5. The molecule has 0 atom stereocenters. The Labute approximate surface area is 260 Å². The third-order valence-electron chi connectivity index (χ3n) is 7.51. The lowest BCUT2D eigenvalue weighted by Crippen LogP contribution is -2.25. The lowest BCUT2D eigenvalue weighted by Gasteiger charge is -2.21. The molecular weight excluding hydrogens is 594 g/mol. The number of allylic oxidation sites excluding steroid dienone is 2. The number of anilines is 1. The first kappa shape index (κ1) is 31.2. The van der Waals surface area contributed by atoms with Crippen LogP contribution in [0.5, 0.6) is 0 Å². The Morgan fingerprint density at radius 1 is 1.07 bits per heavy atom. The molecule has 0 aliphatic rings. The highest BCUT2D eigenvalue weighted by molar-refractivity contribution is 7.92. The Morgan fingerprint density at radius 2 is 1.76 bits per heavy atom. The molecule has 7 nitrogen and oxygen atoms in total. The predicted octanol–water partition coefficient (Wildman–Crippen LogP) is 8.18. The summed E-state index contributed by atoms with van der Waals surface area (Å²) in [6, 6.07) is 15.5. The number of furan rings is 1. The van der Waals surface area contributed by atoms with Crippen LogP contribution in [0.2, 0.25) is 0 Å². The standard InChI is InChI=1S/C35H32F2N4O3S/c1-8-28(39-34(20(3)4)31-18-24-27(37)11-10-12-29(24)41(31)9-2)25-17-26-32(19-30(25)40(6)45(7,42)43)44-35(33(26)21(5)38)22-13-15-23(36)16-14-22/h8-19H,2-3,5,38H2,1,4,6-7H3/b28-8-,39-34+. The first-order valence-corrected chi connectivity index (χ1v) is 15.7. The quantitative estimate of drug-likeness (QED) is 0.167. The molecular formula is C35H32F2N4O3S. The fourth-order valence-electron chi connectivity index (χ4n) is 5.27. The van der Waals surface area contributed by atoms with Crippen LogP contribution < -0.4 is 10.0 Å². The molecule has 0 spiro atoms. The van der Waals surface area contributed by atoms with Gasteiger partial charge in [-0.2, -0.15) is 0 Å². The summed E-state index contributed by atoms with van der Waals surface area (Å²) in [4.78, 5) is 4.99. The maximum Gasteiger partial charge on any atom is 0.232 e. The minimum atomic E-state index is -3.74. The summed E-state index contributed by atoms with van der Waals surface area (Å²) >= 11 is 0. The Hall–Kier alpha value is -5.22. The van der Waals surface area contributed by atoms with Crippen LogP contribution in [0.15, 0.2) is 101 Å². The first-order valence-electron chi connectivity index (χ1n) is 13.9. The first-order chi connectivity index (χ1) is 21.3. The van der Waals surface area contributed by atoms with Crippen molar-refractivity contribution in [2.45, 2.75) is 13.8 Å². The van der Waals surface area contributed by atoms with E-state index in [9.17, 15) is 17.2 Å². The maximum atomic E-state index is 14.8. The molecule has 0 radical (unpaired) electrons. The van der Waals surface area contributed by atoms with E-state index in [2.05, 4.69) is 19.7 Å². The Bertz CT molecular complexity index is 2200. The molecule has 0 amide bonds. The van der Waals surface area contributed by atoms with Gasteiger partial charge < -0.3 is 14.7 Å². The van der Waals surface area contributed by atoms with E-state index in [4.69, 9.17) is 15.1 Å². The predicted molar refractivity (Wildman–Crippen MR) is 181 cm³/mol. The molecule has 3 aromatic carbocycles. The number of aliphatic imine (C=N–C) groups is 1. The summed E-state index contributed by atoms with van der Waals surface area (Å²) in [7, 11) is -2.31. The zero-order valence-electron chi connectivity index (χ0n) is 25.4. The number of fused-ring (bicyclic) bond motifs is 2. The van der Waals surface area contributed by atoms with Crippen LogP contribution in [0.1, 0.15) is 30.7 Å². The number of benzene rings is 3. The van der Waals surface area contributed by atoms with Gasteiger partial charge in [-0.3, -0.25) is 4.31 Å². The fourth-order valence-corrected chi connectivity index (χ4v) is 5.77. The Kier molecular flexibility index (Phi) is 8.12. The summed E-state index contributed by atoms with van der Waals surface area (Å²) in [5.41, 5.74) is 11.2. The van der Waals surface area contributed by atoms with Crippen LogP contribution in [0.3, 0.4) is 0 Å². The van der Waals surface area contributed by atoms with Gasteiger partial charge in [0.15, 0.2) is 0 Å². The van der Waals surface area contributed by atoms with Gasteiger partial charge in [0.2, 0.25) is 10.0 Å². The Morgan fingerprint density at radius 3 is 2.33 bits per heavy atom. The molecule has 10 heteroatoms. The molecule has 0 saturated carbocycles. The third kappa shape index (κ3) is 5.60. The van der Waals surface area contributed by atoms with Gasteiger partial charge in [0.1, 0.15) is 23.0 Å². The molecule has 0 unspecified atom stereocenters. The second-order valence-electron chi connectivity index (χ2n) is 10.6. The number of aromatic nitrogens is 1. The van der Waals surface area contributed by atoms with Crippen molar-refractivity contribution in [3.8, 4) is 11.3 Å². The van der Waals surface area contributed by atoms with Crippen molar-refractivity contribution in [1.29, 1.82) is 0 Å². The van der Waals surface area contributed by atoms with Crippen LogP contribution in [0.25, 0.3) is 50.8 Å². The van der Waals surface area contributed by atoms with Gasteiger partial charge in [0, 0.05) is 46.9 Å². The van der Waals surface area contributed by atoms with E-state index in [-0.39, 0.29) is 11.4 Å². The average Bonchev–Trinajstić information content (AvgIpc) is 3.55. The van der Waals surface area contributed by atoms with Crippen molar-refractivity contribution in [2.75, 3.05) is 17.6 Å². The van der Waals surface area contributed by atoms with E-state index >= 15 is 0 Å². The van der Waals surface area contributed by atoms with Crippen LogP contribution >= 0.6 is 0 Å².